The van der Waals surface area contributed by atoms with Crippen LogP contribution in [0.15, 0.2) is 30.9 Å². The van der Waals surface area contributed by atoms with Crippen LogP contribution in [0.3, 0.4) is 0 Å². The van der Waals surface area contributed by atoms with E-state index in [1.165, 1.54) is 12.1 Å². The van der Waals surface area contributed by atoms with Crippen LogP contribution in [0, 0.1) is 0 Å². The Bertz CT molecular complexity index is 675. The third-order valence-electron chi connectivity index (χ3n) is 4.61. The molecule has 1 aromatic carbocycles. The summed E-state index contributed by atoms with van der Waals surface area (Å²) in [6.45, 7) is 5.83. The van der Waals surface area contributed by atoms with Crippen molar-refractivity contribution in [2.24, 2.45) is 0 Å². The summed E-state index contributed by atoms with van der Waals surface area (Å²) in [5.74, 6) is -0.160. The highest BCUT2D eigenvalue weighted by Crippen LogP contribution is 2.34. The molecule has 1 atom stereocenters. The fourth-order valence-electron chi connectivity index (χ4n) is 3.00. The Kier molecular flexibility index (Phi) is 6.75. The molecular weight excluding hydrogens is 357 g/mol. The molecule has 1 heterocycles. The van der Waals surface area contributed by atoms with Crippen molar-refractivity contribution in [2.75, 3.05) is 57.5 Å². The highest BCUT2D eigenvalue weighted by molar-refractivity contribution is 5.87. The molecule has 1 saturated heterocycles. The molecule has 27 heavy (non-hydrogen) atoms. The molecule has 0 aliphatic carbocycles. The predicted octanol–water partition coefficient (Wildman–Crippen LogP) is 2.90. The van der Waals surface area contributed by atoms with Crippen LogP contribution in [-0.4, -0.2) is 69.1 Å². The van der Waals surface area contributed by atoms with Crippen LogP contribution in [0.25, 0.3) is 0 Å². The summed E-state index contributed by atoms with van der Waals surface area (Å²) in [7, 11) is 5.62. The number of carbonyl (C=O) groups is 1. The molecule has 1 aliphatic rings. The molecule has 1 aromatic rings. The number of carbonyl (C=O) groups excluding carboxylic acids is 1. The molecule has 1 N–H and O–H groups in total. The second-order valence-corrected chi connectivity index (χ2v) is 7.11. The van der Waals surface area contributed by atoms with E-state index in [-0.39, 0.29) is 11.9 Å². The lowest BCUT2D eigenvalue weighted by Crippen LogP contribution is -2.30. The van der Waals surface area contributed by atoms with E-state index in [1.807, 2.05) is 23.9 Å². The van der Waals surface area contributed by atoms with Crippen LogP contribution in [0.5, 0.6) is 0 Å². The van der Waals surface area contributed by atoms with Crippen LogP contribution in [0.4, 0.5) is 24.5 Å². The number of halogens is 3. The first-order valence-electron chi connectivity index (χ1n) is 8.86. The van der Waals surface area contributed by atoms with E-state index in [0.717, 1.165) is 12.6 Å². The summed E-state index contributed by atoms with van der Waals surface area (Å²) in [6, 6.07) is 3.94. The Balaban J connectivity index is 2.18. The first-order valence-corrected chi connectivity index (χ1v) is 8.86. The Hall–Kier alpha value is -2.22. The van der Waals surface area contributed by atoms with Crippen LogP contribution in [0.2, 0.25) is 0 Å². The zero-order chi connectivity index (χ0) is 20.2. The minimum absolute atomic E-state index is 0.0858. The summed E-state index contributed by atoms with van der Waals surface area (Å²) in [4.78, 5) is 17.1. The van der Waals surface area contributed by atoms with Crippen LogP contribution in [0.1, 0.15) is 12.0 Å². The quantitative estimate of drug-likeness (QED) is 0.734. The summed E-state index contributed by atoms with van der Waals surface area (Å²) >= 11 is 0. The van der Waals surface area contributed by atoms with E-state index in [2.05, 4.69) is 11.9 Å². The zero-order valence-electron chi connectivity index (χ0n) is 16.0. The molecule has 1 fully saturated rings. The van der Waals surface area contributed by atoms with Gasteiger partial charge >= 0.3 is 6.18 Å². The van der Waals surface area contributed by atoms with Gasteiger partial charge in [0.05, 0.1) is 5.56 Å². The Morgan fingerprint density at radius 1 is 1.30 bits per heavy atom. The number of nitrogens with zero attached hydrogens (tertiary/aromatic N) is 3. The number of amides is 1. The summed E-state index contributed by atoms with van der Waals surface area (Å²) < 4.78 is 40.0. The standard InChI is InChI=1S/C19H27F3N4O/c1-5-18(27)26-7-6-15(13-26)23-16-10-14(19(20,21)22)11-17(12-16)25(4)9-8-24(2)3/h5,10-12,15,23H,1,6-9,13H2,2-4H3/t15-/m0/s1. The molecule has 0 aromatic heterocycles. The van der Waals surface area contributed by atoms with Crippen LogP contribution in [-0.2, 0) is 11.0 Å². The smallest absolute Gasteiger partial charge is 0.380 e. The number of alkyl halides is 3. The van der Waals surface area contributed by atoms with E-state index >= 15 is 0 Å². The molecule has 2 rings (SSSR count). The van der Waals surface area contributed by atoms with Crippen molar-refractivity contribution < 1.29 is 18.0 Å². The number of rotatable bonds is 7. The van der Waals surface area contributed by atoms with Crippen molar-refractivity contribution in [3.63, 3.8) is 0 Å². The van der Waals surface area contributed by atoms with Crippen molar-refractivity contribution >= 4 is 17.3 Å². The lowest BCUT2D eigenvalue weighted by atomic mass is 10.1. The lowest BCUT2D eigenvalue weighted by molar-refractivity contribution is -0.137. The van der Waals surface area contributed by atoms with Gasteiger partial charge in [-0.25, -0.2) is 0 Å². The van der Waals surface area contributed by atoms with Crippen molar-refractivity contribution in [2.45, 2.75) is 18.6 Å². The van der Waals surface area contributed by atoms with E-state index in [1.54, 1.807) is 18.0 Å². The number of nitrogens with one attached hydrogen (secondary N) is 1. The van der Waals surface area contributed by atoms with Gasteiger partial charge in [0.2, 0.25) is 5.91 Å². The van der Waals surface area contributed by atoms with Gasteiger partial charge in [-0.05, 0) is 44.8 Å². The largest absolute Gasteiger partial charge is 0.416 e. The highest BCUT2D eigenvalue weighted by Gasteiger charge is 2.32. The van der Waals surface area contributed by atoms with Crippen molar-refractivity contribution in [1.29, 1.82) is 0 Å². The maximum Gasteiger partial charge on any atom is 0.416 e. The predicted molar refractivity (Wildman–Crippen MR) is 102 cm³/mol. The maximum atomic E-state index is 13.3. The average Bonchev–Trinajstić information content (AvgIpc) is 3.06. The average molecular weight is 384 g/mol. The lowest BCUT2D eigenvalue weighted by Gasteiger charge is -2.24. The number of anilines is 2. The maximum absolute atomic E-state index is 13.3. The monoisotopic (exact) mass is 384 g/mol. The van der Waals surface area contributed by atoms with Gasteiger partial charge in [-0.3, -0.25) is 4.79 Å². The molecule has 1 aliphatic heterocycles. The van der Waals surface area contributed by atoms with Gasteiger partial charge in [-0.2, -0.15) is 13.2 Å². The van der Waals surface area contributed by atoms with Gasteiger partial charge in [0.1, 0.15) is 0 Å². The first-order chi connectivity index (χ1) is 12.6. The third kappa shape index (κ3) is 5.89. The van der Waals surface area contributed by atoms with Gasteiger partial charge in [0.15, 0.2) is 0 Å². The fourth-order valence-corrected chi connectivity index (χ4v) is 3.00. The SMILES string of the molecule is C=CC(=O)N1CC[C@H](Nc2cc(N(C)CCN(C)C)cc(C(F)(F)F)c2)C1. The third-order valence-corrected chi connectivity index (χ3v) is 4.61. The first kappa shape index (κ1) is 21.1. The molecule has 0 bridgehead atoms. The fraction of sp³-hybridized carbons (Fsp3) is 0.526. The highest BCUT2D eigenvalue weighted by atomic mass is 19.4. The number of benzene rings is 1. The summed E-state index contributed by atoms with van der Waals surface area (Å²) in [6.07, 6.45) is -2.48. The molecule has 0 radical (unpaired) electrons. The van der Waals surface area contributed by atoms with Gasteiger partial charge in [-0.1, -0.05) is 6.58 Å². The Morgan fingerprint density at radius 2 is 2.00 bits per heavy atom. The van der Waals surface area contributed by atoms with Crippen molar-refractivity contribution in [1.82, 2.24) is 9.80 Å². The zero-order valence-corrected chi connectivity index (χ0v) is 16.0. The molecule has 0 saturated carbocycles. The minimum atomic E-state index is -4.42. The van der Waals surface area contributed by atoms with E-state index < -0.39 is 11.7 Å². The number of likely N-dealkylation sites (N-methyl/N-ethyl adjacent to an activating group) is 2. The second kappa shape index (κ2) is 8.65. The molecule has 0 unspecified atom stereocenters. The molecular formula is C19H27F3N4O. The van der Waals surface area contributed by atoms with E-state index in [9.17, 15) is 18.0 Å². The van der Waals surface area contributed by atoms with Gasteiger partial charge in [-0.15, -0.1) is 0 Å². The molecule has 8 heteroatoms. The summed E-state index contributed by atoms with van der Waals surface area (Å²) in [5, 5.41) is 3.16. The van der Waals surface area contributed by atoms with Crippen molar-refractivity contribution in [3.05, 3.63) is 36.4 Å². The number of likely N-dealkylation sites (tertiary alicyclic amines) is 1. The van der Waals surface area contributed by atoms with Gasteiger partial charge < -0.3 is 20.0 Å². The minimum Gasteiger partial charge on any atom is -0.380 e. The summed E-state index contributed by atoms with van der Waals surface area (Å²) in [5.41, 5.74) is 0.233. The Morgan fingerprint density at radius 3 is 2.59 bits per heavy atom. The van der Waals surface area contributed by atoms with E-state index in [4.69, 9.17) is 0 Å². The van der Waals surface area contributed by atoms with Crippen molar-refractivity contribution in [3.8, 4) is 0 Å². The molecule has 0 spiro atoms. The second-order valence-electron chi connectivity index (χ2n) is 7.11. The molecule has 150 valence electrons. The van der Waals surface area contributed by atoms with Gasteiger partial charge in [0, 0.05) is 50.6 Å². The van der Waals surface area contributed by atoms with Gasteiger partial charge in [0.25, 0.3) is 0 Å². The van der Waals surface area contributed by atoms with E-state index in [0.29, 0.717) is 37.4 Å². The van der Waals surface area contributed by atoms with Crippen LogP contribution < -0.4 is 10.2 Å². The number of hydrogen-bond donors (Lipinski definition) is 1. The normalized spacial score (nSPS) is 17.3. The molecule has 1 amide bonds. The van der Waals surface area contributed by atoms with Crippen LogP contribution >= 0.6 is 0 Å². The number of hydrogen-bond acceptors (Lipinski definition) is 4. The topological polar surface area (TPSA) is 38.8 Å². The molecule has 5 nitrogen and oxygen atoms in total. The Labute approximate surface area is 158 Å².